The first-order valence-electron chi connectivity index (χ1n) is 7.39. The van der Waals surface area contributed by atoms with E-state index in [-0.39, 0.29) is 0 Å². The van der Waals surface area contributed by atoms with Gasteiger partial charge in [-0.15, -0.1) is 0 Å². The molecule has 4 nitrogen and oxygen atoms in total. The highest BCUT2D eigenvalue weighted by Crippen LogP contribution is 2.19. The summed E-state index contributed by atoms with van der Waals surface area (Å²) in [6.07, 6.45) is 2.01. The highest BCUT2D eigenvalue weighted by Gasteiger charge is 1.97. The van der Waals surface area contributed by atoms with Crippen LogP contribution in [0.25, 0.3) is 0 Å². The molecule has 0 amide bonds. The molecule has 0 aromatic heterocycles. The largest absolute Gasteiger partial charge is 0.497 e. The van der Waals surface area contributed by atoms with Gasteiger partial charge in [0.05, 0.1) is 19.9 Å². The minimum atomic E-state index is 0.828. The highest BCUT2D eigenvalue weighted by atomic mass is 16.5. The molecule has 0 saturated heterocycles. The van der Waals surface area contributed by atoms with E-state index in [9.17, 15) is 0 Å². The lowest BCUT2D eigenvalue weighted by Gasteiger charge is -2.07. The molecule has 2 aromatic carbocycles. The molecule has 2 rings (SSSR count). The molecule has 0 heterocycles. The molecule has 0 radical (unpaired) electrons. The highest BCUT2D eigenvalue weighted by molar-refractivity contribution is 5.95. The molecular formula is C19H22N2O2. The number of nitrogens with zero attached hydrogens (tertiary/aromatic N) is 1. The second-order valence-electron chi connectivity index (χ2n) is 5.13. The lowest BCUT2D eigenvalue weighted by Crippen LogP contribution is -1.98. The van der Waals surface area contributed by atoms with Crippen LogP contribution in [0.3, 0.4) is 0 Å². The number of hydrogen-bond donors (Lipinski definition) is 1. The Morgan fingerprint density at radius 3 is 1.91 bits per heavy atom. The topological polar surface area (TPSA) is 42.8 Å². The molecule has 0 atom stereocenters. The molecule has 2 aromatic rings. The number of methoxy groups -OCH3 is 2. The summed E-state index contributed by atoms with van der Waals surface area (Å²) in [6.45, 7) is 3.99. The van der Waals surface area contributed by atoms with E-state index >= 15 is 0 Å². The van der Waals surface area contributed by atoms with Crippen molar-refractivity contribution in [3.8, 4) is 11.5 Å². The molecule has 0 aliphatic carbocycles. The van der Waals surface area contributed by atoms with E-state index in [0.29, 0.717) is 0 Å². The van der Waals surface area contributed by atoms with Crippen molar-refractivity contribution >= 4 is 17.1 Å². The lowest BCUT2D eigenvalue weighted by molar-refractivity contribution is 0.415. The molecule has 0 saturated carbocycles. The fraction of sp³-hybridized carbons (Fsp3) is 0.211. The fourth-order valence-electron chi connectivity index (χ4n) is 2.14. The Labute approximate surface area is 137 Å². The van der Waals surface area contributed by atoms with Gasteiger partial charge in [-0.2, -0.15) is 0 Å². The molecule has 120 valence electrons. The van der Waals surface area contributed by atoms with Crippen molar-refractivity contribution in [2.45, 2.75) is 13.8 Å². The first kappa shape index (κ1) is 16.6. The monoisotopic (exact) mass is 310 g/mol. The standard InChI is InChI=1S/C19H22N2O2/c1-14(20-16-5-9-18(22-3)10-6-16)13-15(2)21-17-7-11-19(23-4)12-8-17/h5-13,20H,1-4H3/b14-13+,21-15?. The summed E-state index contributed by atoms with van der Waals surface area (Å²) in [4.78, 5) is 4.57. The van der Waals surface area contributed by atoms with Gasteiger partial charge in [0.1, 0.15) is 11.5 Å². The summed E-state index contributed by atoms with van der Waals surface area (Å²) in [5.41, 5.74) is 3.85. The van der Waals surface area contributed by atoms with E-state index in [4.69, 9.17) is 9.47 Å². The van der Waals surface area contributed by atoms with Crippen LogP contribution in [0, 0.1) is 0 Å². The average Bonchev–Trinajstić information content (AvgIpc) is 2.56. The van der Waals surface area contributed by atoms with E-state index in [0.717, 1.165) is 34.3 Å². The minimum Gasteiger partial charge on any atom is -0.497 e. The van der Waals surface area contributed by atoms with Crippen molar-refractivity contribution in [2.24, 2.45) is 4.99 Å². The third kappa shape index (κ3) is 5.18. The van der Waals surface area contributed by atoms with Crippen LogP contribution in [0.2, 0.25) is 0 Å². The van der Waals surface area contributed by atoms with Gasteiger partial charge in [-0.25, -0.2) is 0 Å². The predicted octanol–water partition coefficient (Wildman–Crippen LogP) is 4.81. The van der Waals surface area contributed by atoms with Gasteiger partial charge in [0.2, 0.25) is 0 Å². The van der Waals surface area contributed by atoms with Crippen LogP contribution in [-0.2, 0) is 0 Å². The maximum atomic E-state index is 5.15. The van der Waals surface area contributed by atoms with Crippen LogP contribution in [0.4, 0.5) is 11.4 Å². The third-order valence-electron chi connectivity index (χ3n) is 3.23. The third-order valence-corrected chi connectivity index (χ3v) is 3.23. The fourth-order valence-corrected chi connectivity index (χ4v) is 2.14. The number of aliphatic imine (C=N–C) groups is 1. The summed E-state index contributed by atoms with van der Waals surface area (Å²) in [5.74, 6) is 1.67. The summed E-state index contributed by atoms with van der Waals surface area (Å²) in [6, 6.07) is 15.5. The van der Waals surface area contributed by atoms with Gasteiger partial charge in [-0.1, -0.05) is 0 Å². The Hall–Kier alpha value is -2.75. The van der Waals surface area contributed by atoms with E-state index in [1.807, 2.05) is 68.5 Å². The second-order valence-corrected chi connectivity index (χ2v) is 5.13. The van der Waals surface area contributed by atoms with Crippen molar-refractivity contribution in [1.29, 1.82) is 0 Å². The van der Waals surface area contributed by atoms with E-state index in [1.54, 1.807) is 14.2 Å². The lowest BCUT2D eigenvalue weighted by atomic mass is 10.2. The minimum absolute atomic E-state index is 0.828. The van der Waals surface area contributed by atoms with Gasteiger partial charge in [0.25, 0.3) is 0 Å². The van der Waals surface area contributed by atoms with Crippen molar-refractivity contribution in [2.75, 3.05) is 19.5 Å². The smallest absolute Gasteiger partial charge is 0.119 e. The predicted molar refractivity (Wildman–Crippen MR) is 96.1 cm³/mol. The molecule has 23 heavy (non-hydrogen) atoms. The Bertz CT molecular complexity index is 686. The number of rotatable bonds is 6. The zero-order valence-corrected chi connectivity index (χ0v) is 14.0. The van der Waals surface area contributed by atoms with Crippen molar-refractivity contribution in [1.82, 2.24) is 0 Å². The normalized spacial score (nSPS) is 12.0. The van der Waals surface area contributed by atoms with E-state index in [2.05, 4.69) is 10.3 Å². The number of ether oxygens (including phenoxy) is 2. The zero-order valence-electron chi connectivity index (χ0n) is 14.0. The summed E-state index contributed by atoms with van der Waals surface area (Å²) < 4.78 is 10.3. The van der Waals surface area contributed by atoms with Crippen LogP contribution < -0.4 is 14.8 Å². The second kappa shape index (κ2) is 8.03. The Balaban J connectivity index is 2.04. The molecular weight excluding hydrogens is 288 g/mol. The Morgan fingerprint density at radius 2 is 1.39 bits per heavy atom. The maximum Gasteiger partial charge on any atom is 0.119 e. The molecule has 4 heteroatoms. The molecule has 0 unspecified atom stereocenters. The van der Waals surface area contributed by atoms with E-state index in [1.165, 1.54) is 0 Å². The molecule has 0 bridgehead atoms. The van der Waals surface area contributed by atoms with Gasteiger partial charge in [-0.05, 0) is 68.5 Å². The number of nitrogens with one attached hydrogen (secondary N) is 1. The SMILES string of the molecule is COc1ccc(N=C(C)/C=C(\C)Nc2ccc(OC)cc2)cc1. The van der Waals surface area contributed by atoms with Gasteiger partial charge >= 0.3 is 0 Å². The van der Waals surface area contributed by atoms with E-state index < -0.39 is 0 Å². The molecule has 0 spiro atoms. The van der Waals surface area contributed by atoms with Gasteiger partial charge in [0.15, 0.2) is 0 Å². The van der Waals surface area contributed by atoms with Gasteiger partial charge in [0, 0.05) is 17.1 Å². The molecule has 0 aliphatic rings. The van der Waals surface area contributed by atoms with Crippen LogP contribution in [0.5, 0.6) is 11.5 Å². The summed E-state index contributed by atoms with van der Waals surface area (Å²) in [7, 11) is 3.31. The Kier molecular flexibility index (Phi) is 5.80. The van der Waals surface area contributed by atoms with Crippen molar-refractivity contribution < 1.29 is 9.47 Å². The van der Waals surface area contributed by atoms with Gasteiger partial charge < -0.3 is 14.8 Å². The van der Waals surface area contributed by atoms with Crippen LogP contribution in [0.1, 0.15) is 13.8 Å². The average molecular weight is 310 g/mol. The number of hydrogen-bond acceptors (Lipinski definition) is 4. The summed E-state index contributed by atoms with van der Waals surface area (Å²) >= 11 is 0. The molecule has 1 N–H and O–H groups in total. The number of benzene rings is 2. The first-order valence-corrected chi connectivity index (χ1v) is 7.39. The first-order chi connectivity index (χ1) is 11.1. The molecule has 0 aliphatic heterocycles. The summed E-state index contributed by atoms with van der Waals surface area (Å²) in [5, 5.41) is 3.33. The van der Waals surface area contributed by atoms with Crippen molar-refractivity contribution in [3.05, 3.63) is 60.3 Å². The van der Waals surface area contributed by atoms with Crippen LogP contribution in [0.15, 0.2) is 65.3 Å². The van der Waals surface area contributed by atoms with Crippen molar-refractivity contribution in [3.63, 3.8) is 0 Å². The zero-order chi connectivity index (χ0) is 16.7. The quantitative estimate of drug-likeness (QED) is 0.778. The maximum absolute atomic E-state index is 5.15. The van der Waals surface area contributed by atoms with Gasteiger partial charge in [-0.3, -0.25) is 4.99 Å². The molecule has 0 fully saturated rings. The number of anilines is 1. The Morgan fingerprint density at radius 1 is 0.870 bits per heavy atom. The number of allylic oxidation sites excluding steroid dienone is 2. The van der Waals surface area contributed by atoms with Crippen LogP contribution in [-0.4, -0.2) is 19.9 Å². The van der Waals surface area contributed by atoms with Crippen LogP contribution >= 0.6 is 0 Å².